The second kappa shape index (κ2) is 3.69. The van der Waals surface area contributed by atoms with Gasteiger partial charge in [0.2, 0.25) is 5.91 Å². The van der Waals surface area contributed by atoms with E-state index >= 15 is 0 Å². The first kappa shape index (κ1) is 10.0. The van der Waals surface area contributed by atoms with Crippen molar-refractivity contribution in [2.45, 2.75) is 12.3 Å². The van der Waals surface area contributed by atoms with Crippen LogP contribution >= 0.6 is 0 Å². The number of carbonyl (C=O) groups excluding carboxylic acids is 1. The molecular formula is C12H10FN3O. The van der Waals surface area contributed by atoms with Crippen LogP contribution in [0.1, 0.15) is 23.6 Å². The fourth-order valence-corrected chi connectivity index (χ4v) is 2.18. The second-order valence-electron chi connectivity index (χ2n) is 4.05. The highest BCUT2D eigenvalue weighted by atomic mass is 19.1. The standard InChI is InChI=1S/C12H10FN3O/c13-7-1-2-8-9(10-3-4-14-16-10)6-12(17)15-11(8)5-7/h1-5,9H,6H2,(H,14,16)(H,15,17). The Morgan fingerprint density at radius 1 is 1.35 bits per heavy atom. The molecule has 0 bridgehead atoms. The van der Waals surface area contributed by atoms with Gasteiger partial charge < -0.3 is 5.32 Å². The molecule has 2 aromatic rings. The van der Waals surface area contributed by atoms with Crippen LogP contribution in [0.15, 0.2) is 30.5 Å². The largest absolute Gasteiger partial charge is 0.326 e. The molecule has 4 nitrogen and oxygen atoms in total. The van der Waals surface area contributed by atoms with Gasteiger partial charge in [-0.05, 0) is 23.8 Å². The lowest BCUT2D eigenvalue weighted by molar-refractivity contribution is -0.116. The van der Waals surface area contributed by atoms with Gasteiger partial charge in [0.15, 0.2) is 0 Å². The van der Waals surface area contributed by atoms with Gasteiger partial charge in [-0.15, -0.1) is 0 Å². The summed E-state index contributed by atoms with van der Waals surface area (Å²) in [6.45, 7) is 0. The Balaban J connectivity index is 2.11. The first-order valence-corrected chi connectivity index (χ1v) is 5.32. The van der Waals surface area contributed by atoms with Gasteiger partial charge >= 0.3 is 0 Å². The van der Waals surface area contributed by atoms with E-state index in [1.807, 2.05) is 6.07 Å². The molecule has 2 N–H and O–H groups in total. The van der Waals surface area contributed by atoms with Crippen LogP contribution in [0.2, 0.25) is 0 Å². The minimum Gasteiger partial charge on any atom is -0.326 e. The fraction of sp³-hybridized carbons (Fsp3) is 0.167. The van der Waals surface area contributed by atoms with Gasteiger partial charge in [0.05, 0.1) is 0 Å². The van der Waals surface area contributed by atoms with E-state index in [0.717, 1.165) is 11.3 Å². The van der Waals surface area contributed by atoms with Crippen LogP contribution < -0.4 is 5.32 Å². The summed E-state index contributed by atoms with van der Waals surface area (Å²) in [7, 11) is 0. The van der Waals surface area contributed by atoms with Gasteiger partial charge in [-0.2, -0.15) is 5.10 Å². The molecule has 0 spiro atoms. The van der Waals surface area contributed by atoms with Crippen molar-refractivity contribution in [1.29, 1.82) is 0 Å². The summed E-state index contributed by atoms with van der Waals surface area (Å²) in [5, 5.41) is 9.42. The fourth-order valence-electron chi connectivity index (χ4n) is 2.18. The molecule has 0 radical (unpaired) electrons. The van der Waals surface area contributed by atoms with E-state index < -0.39 is 0 Å². The molecule has 1 aliphatic heterocycles. The van der Waals surface area contributed by atoms with Gasteiger partial charge in [-0.1, -0.05) is 6.07 Å². The summed E-state index contributed by atoms with van der Waals surface area (Å²) in [4.78, 5) is 11.6. The smallest absolute Gasteiger partial charge is 0.225 e. The molecule has 1 aliphatic rings. The van der Waals surface area contributed by atoms with E-state index in [4.69, 9.17) is 0 Å². The summed E-state index contributed by atoms with van der Waals surface area (Å²) < 4.78 is 13.1. The van der Waals surface area contributed by atoms with Crippen LogP contribution in [-0.2, 0) is 4.79 Å². The normalized spacial score (nSPS) is 18.6. The molecule has 0 aliphatic carbocycles. The van der Waals surface area contributed by atoms with Crippen LogP contribution in [0.4, 0.5) is 10.1 Å². The zero-order valence-corrected chi connectivity index (χ0v) is 8.90. The van der Waals surface area contributed by atoms with Gasteiger partial charge in [-0.3, -0.25) is 9.89 Å². The minimum atomic E-state index is -0.352. The number of benzene rings is 1. The molecule has 0 saturated carbocycles. The molecule has 1 amide bonds. The molecule has 0 fully saturated rings. The predicted molar refractivity (Wildman–Crippen MR) is 60.1 cm³/mol. The van der Waals surface area contributed by atoms with Crippen molar-refractivity contribution in [1.82, 2.24) is 10.2 Å². The summed E-state index contributed by atoms with van der Waals surface area (Å²) >= 11 is 0. The van der Waals surface area contributed by atoms with Crippen LogP contribution in [-0.4, -0.2) is 16.1 Å². The molecular weight excluding hydrogens is 221 g/mol. The average molecular weight is 231 g/mol. The van der Waals surface area contributed by atoms with Crippen LogP contribution in [0.25, 0.3) is 0 Å². The lowest BCUT2D eigenvalue weighted by atomic mass is 9.88. The Kier molecular flexibility index (Phi) is 2.18. The van der Waals surface area contributed by atoms with E-state index in [0.29, 0.717) is 12.1 Å². The highest BCUT2D eigenvalue weighted by Crippen LogP contribution is 2.36. The van der Waals surface area contributed by atoms with E-state index in [-0.39, 0.29) is 17.6 Å². The quantitative estimate of drug-likeness (QED) is 0.788. The SMILES string of the molecule is O=C1CC(c2ccn[nH]2)c2ccc(F)cc2N1. The first-order chi connectivity index (χ1) is 8.24. The van der Waals surface area contributed by atoms with Gasteiger partial charge in [0, 0.05) is 29.9 Å². The van der Waals surface area contributed by atoms with Crippen molar-refractivity contribution >= 4 is 11.6 Å². The average Bonchev–Trinajstić information content (AvgIpc) is 2.80. The zero-order chi connectivity index (χ0) is 11.8. The third kappa shape index (κ3) is 1.69. The van der Waals surface area contributed by atoms with Gasteiger partial charge in [-0.25, -0.2) is 4.39 Å². The van der Waals surface area contributed by atoms with Crippen molar-refractivity contribution in [2.75, 3.05) is 5.32 Å². The first-order valence-electron chi connectivity index (χ1n) is 5.32. The van der Waals surface area contributed by atoms with Gasteiger partial charge in [0.1, 0.15) is 5.82 Å². The Morgan fingerprint density at radius 2 is 2.24 bits per heavy atom. The molecule has 1 atom stereocenters. The van der Waals surface area contributed by atoms with E-state index in [1.54, 1.807) is 12.3 Å². The summed E-state index contributed by atoms with van der Waals surface area (Å²) in [6, 6.07) is 6.28. The third-order valence-electron chi connectivity index (χ3n) is 2.95. The number of carbonyl (C=O) groups is 1. The molecule has 2 heterocycles. The molecule has 1 aromatic carbocycles. The summed E-state index contributed by atoms with van der Waals surface area (Å²) in [6.07, 6.45) is 1.99. The highest BCUT2D eigenvalue weighted by Gasteiger charge is 2.27. The van der Waals surface area contributed by atoms with E-state index in [9.17, 15) is 9.18 Å². The van der Waals surface area contributed by atoms with Gasteiger partial charge in [0.25, 0.3) is 0 Å². The highest BCUT2D eigenvalue weighted by molar-refractivity contribution is 5.95. The summed E-state index contributed by atoms with van der Waals surface area (Å²) in [5.74, 6) is -0.543. The topological polar surface area (TPSA) is 57.8 Å². The van der Waals surface area contributed by atoms with Crippen molar-refractivity contribution in [3.63, 3.8) is 0 Å². The van der Waals surface area contributed by atoms with Crippen LogP contribution in [0, 0.1) is 5.82 Å². The molecule has 86 valence electrons. The number of halogens is 1. The van der Waals surface area contributed by atoms with Crippen LogP contribution in [0.3, 0.4) is 0 Å². The molecule has 17 heavy (non-hydrogen) atoms. The number of nitrogens with zero attached hydrogens (tertiary/aromatic N) is 1. The predicted octanol–water partition coefficient (Wildman–Crippen LogP) is 2.02. The molecule has 1 unspecified atom stereocenters. The maximum atomic E-state index is 13.1. The van der Waals surface area contributed by atoms with Crippen LogP contribution in [0.5, 0.6) is 0 Å². The molecule has 1 aromatic heterocycles. The van der Waals surface area contributed by atoms with Crippen molar-refractivity contribution in [2.24, 2.45) is 0 Å². The Morgan fingerprint density at radius 3 is 3.00 bits per heavy atom. The Hall–Kier alpha value is -2.17. The number of hydrogen-bond donors (Lipinski definition) is 2. The number of rotatable bonds is 1. The molecule has 3 rings (SSSR count). The number of nitrogens with one attached hydrogen (secondary N) is 2. The maximum Gasteiger partial charge on any atom is 0.225 e. The third-order valence-corrected chi connectivity index (χ3v) is 2.95. The van der Waals surface area contributed by atoms with Crippen molar-refractivity contribution in [3.05, 3.63) is 47.5 Å². The number of H-pyrrole nitrogens is 1. The zero-order valence-electron chi connectivity index (χ0n) is 8.90. The second-order valence-corrected chi connectivity index (χ2v) is 4.05. The summed E-state index contributed by atoms with van der Waals surface area (Å²) in [5.41, 5.74) is 2.32. The van der Waals surface area contributed by atoms with E-state index in [2.05, 4.69) is 15.5 Å². The lowest BCUT2D eigenvalue weighted by Crippen LogP contribution is -2.23. The number of aromatic amines is 1. The van der Waals surface area contributed by atoms with Crippen molar-refractivity contribution < 1.29 is 9.18 Å². The van der Waals surface area contributed by atoms with E-state index in [1.165, 1.54) is 12.1 Å². The Labute approximate surface area is 96.9 Å². The molecule has 5 heteroatoms. The minimum absolute atomic E-state index is 0.0816. The monoisotopic (exact) mass is 231 g/mol. The number of anilines is 1. The Bertz CT molecular complexity index is 565. The number of hydrogen-bond acceptors (Lipinski definition) is 2. The number of fused-ring (bicyclic) bond motifs is 1. The maximum absolute atomic E-state index is 13.1. The lowest BCUT2D eigenvalue weighted by Gasteiger charge is -2.24. The van der Waals surface area contributed by atoms with Crippen molar-refractivity contribution in [3.8, 4) is 0 Å². The number of amides is 1. The molecule has 0 saturated heterocycles. The number of aromatic nitrogens is 2.